The maximum Gasteiger partial charge on any atom is 0.126 e. The van der Waals surface area contributed by atoms with E-state index in [2.05, 4.69) is 15.9 Å². The molecule has 2 aromatic rings. The van der Waals surface area contributed by atoms with E-state index in [-0.39, 0.29) is 10.6 Å². The van der Waals surface area contributed by atoms with Crippen molar-refractivity contribution in [3.63, 3.8) is 0 Å². The molecule has 0 fully saturated rings. The van der Waals surface area contributed by atoms with Gasteiger partial charge in [-0.05, 0) is 36.2 Å². The molecule has 0 N–H and O–H groups in total. The number of rotatable bonds is 5. The van der Waals surface area contributed by atoms with E-state index in [1.165, 1.54) is 12.1 Å². The Bertz CT molecular complexity index is 547. The first-order valence-corrected chi connectivity index (χ1v) is 7.16. The highest BCUT2D eigenvalue weighted by Gasteiger charge is 2.18. The largest absolute Gasteiger partial charge is 0.496 e. The molecule has 0 saturated carbocycles. The van der Waals surface area contributed by atoms with Crippen LogP contribution in [0.3, 0.4) is 0 Å². The van der Waals surface area contributed by atoms with E-state index in [4.69, 9.17) is 9.47 Å². The van der Waals surface area contributed by atoms with E-state index >= 15 is 0 Å². The van der Waals surface area contributed by atoms with Gasteiger partial charge in [0.05, 0.1) is 24.6 Å². The van der Waals surface area contributed by atoms with Crippen molar-refractivity contribution in [2.45, 2.75) is 11.2 Å². The average molecular weight is 339 g/mol. The van der Waals surface area contributed by atoms with Crippen LogP contribution < -0.4 is 9.47 Å². The van der Waals surface area contributed by atoms with Crippen LogP contribution in [-0.2, 0) is 6.42 Å². The summed E-state index contributed by atoms with van der Waals surface area (Å²) < 4.78 is 23.7. The molecule has 2 nitrogen and oxygen atoms in total. The highest BCUT2D eigenvalue weighted by Crippen LogP contribution is 2.40. The van der Waals surface area contributed by atoms with Gasteiger partial charge in [0.15, 0.2) is 0 Å². The number of hydrogen-bond donors (Lipinski definition) is 0. The maximum absolute atomic E-state index is 12.9. The third-order valence-corrected chi connectivity index (χ3v) is 3.89. The van der Waals surface area contributed by atoms with Crippen LogP contribution in [0.5, 0.6) is 11.5 Å². The molecule has 0 aliphatic rings. The van der Waals surface area contributed by atoms with Gasteiger partial charge >= 0.3 is 0 Å². The van der Waals surface area contributed by atoms with E-state index in [1.807, 2.05) is 18.2 Å². The molecule has 0 aliphatic carbocycles. The first kappa shape index (κ1) is 14.9. The number of halogens is 2. The smallest absolute Gasteiger partial charge is 0.126 e. The van der Waals surface area contributed by atoms with Crippen molar-refractivity contribution in [2.24, 2.45) is 0 Å². The zero-order valence-corrected chi connectivity index (χ0v) is 13.0. The third-order valence-electron chi connectivity index (χ3n) is 3.11. The number of ether oxygens (including phenoxy) is 2. The van der Waals surface area contributed by atoms with Crippen LogP contribution in [-0.4, -0.2) is 14.2 Å². The Morgan fingerprint density at radius 2 is 1.55 bits per heavy atom. The lowest BCUT2D eigenvalue weighted by atomic mass is 10.0. The maximum atomic E-state index is 12.9. The Morgan fingerprint density at radius 3 is 2.05 bits per heavy atom. The number of hydrogen-bond acceptors (Lipinski definition) is 2. The summed E-state index contributed by atoms with van der Waals surface area (Å²) in [4.78, 5) is 0.0269. The zero-order chi connectivity index (χ0) is 14.5. The molecule has 0 saturated heterocycles. The molecule has 1 atom stereocenters. The van der Waals surface area contributed by atoms with Crippen LogP contribution in [0.1, 0.15) is 16.0 Å². The van der Waals surface area contributed by atoms with Gasteiger partial charge in [-0.2, -0.15) is 0 Å². The van der Waals surface area contributed by atoms with Gasteiger partial charge in [-0.1, -0.05) is 34.1 Å². The van der Waals surface area contributed by atoms with Crippen molar-refractivity contribution < 1.29 is 13.9 Å². The lowest BCUT2D eigenvalue weighted by molar-refractivity contribution is 0.385. The minimum absolute atomic E-state index is 0.0269. The van der Waals surface area contributed by atoms with Gasteiger partial charge in [0.1, 0.15) is 17.3 Å². The summed E-state index contributed by atoms with van der Waals surface area (Å²) in [5, 5.41) is 0. The molecule has 2 rings (SSSR count). The summed E-state index contributed by atoms with van der Waals surface area (Å²) in [6.07, 6.45) is 0.719. The molecule has 0 radical (unpaired) electrons. The fourth-order valence-corrected chi connectivity index (χ4v) is 2.94. The van der Waals surface area contributed by atoms with Crippen molar-refractivity contribution >= 4 is 15.9 Å². The second kappa shape index (κ2) is 6.75. The quantitative estimate of drug-likeness (QED) is 0.746. The monoisotopic (exact) mass is 338 g/mol. The number of alkyl halides is 1. The van der Waals surface area contributed by atoms with Crippen molar-refractivity contribution in [1.82, 2.24) is 0 Å². The topological polar surface area (TPSA) is 18.5 Å². The standard InChI is InChI=1S/C16H16BrFO2/c1-19-14-4-3-5-15(20-2)16(14)13(17)10-11-6-8-12(18)9-7-11/h3-9,13H,10H2,1-2H3. The number of benzene rings is 2. The normalized spacial score (nSPS) is 12.0. The SMILES string of the molecule is COc1cccc(OC)c1C(Br)Cc1ccc(F)cc1. The fourth-order valence-electron chi connectivity index (χ4n) is 2.12. The van der Waals surface area contributed by atoms with E-state index in [0.717, 1.165) is 29.0 Å². The van der Waals surface area contributed by atoms with Crippen LogP contribution in [0.25, 0.3) is 0 Å². The van der Waals surface area contributed by atoms with E-state index in [0.29, 0.717) is 0 Å². The van der Waals surface area contributed by atoms with E-state index in [9.17, 15) is 4.39 Å². The zero-order valence-electron chi connectivity index (χ0n) is 11.4. The van der Waals surface area contributed by atoms with Crippen molar-refractivity contribution in [3.05, 3.63) is 59.4 Å². The Kier molecular flexibility index (Phi) is 5.01. The molecule has 106 valence electrons. The van der Waals surface area contributed by atoms with E-state index < -0.39 is 0 Å². The molecule has 0 bridgehead atoms. The molecule has 20 heavy (non-hydrogen) atoms. The lowest BCUT2D eigenvalue weighted by Crippen LogP contribution is -2.02. The summed E-state index contributed by atoms with van der Waals surface area (Å²) in [7, 11) is 3.27. The molecule has 0 aliphatic heterocycles. The Labute approximate surface area is 126 Å². The van der Waals surface area contributed by atoms with Gasteiger partial charge in [-0.3, -0.25) is 0 Å². The molecular weight excluding hydrogens is 323 g/mol. The van der Waals surface area contributed by atoms with Crippen LogP contribution in [0.4, 0.5) is 4.39 Å². The molecule has 2 aromatic carbocycles. The van der Waals surface area contributed by atoms with Gasteiger partial charge in [-0.15, -0.1) is 0 Å². The molecular formula is C16H16BrFO2. The summed E-state index contributed by atoms with van der Waals surface area (Å²) in [6, 6.07) is 12.2. The highest BCUT2D eigenvalue weighted by atomic mass is 79.9. The van der Waals surface area contributed by atoms with Gasteiger partial charge in [0.25, 0.3) is 0 Å². The van der Waals surface area contributed by atoms with Gasteiger partial charge in [0, 0.05) is 0 Å². The average Bonchev–Trinajstić information content (AvgIpc) is 2.48. The van der Waals surface area contributed by atoms with Crippen LogP contribution in [0, 0.1) is 5.82 Å². The van der Waals surface area contributed by atoms with Gasteiger partial charge < -0.3 is 9.47 Å². The predicted octanol–water partition coefficient (Wildman–Crippen LogP) is 4.52. The Balaban J connectivity index is 2.28. The fraction of sp³-hybridized carbons (Fsp3) is 0.250. The number of methoxy groups -OCH3 is 2. The molecule has 0 aromatic heterocycles. The van der Waals surface area contributed by atoms with Gasteiger partial charge in [0.2, 0.25) is 0 Å². The summed E-state index contributed by atoms with van der Waals surface area (Å²) in [6.45, 7) is 0. The molecule has 4 heteroatoms. The highest BCUT2D eigenvalue weighted by molar-refractivity contribution is 9.09. The first-order valence-electron chi connectivity index (χ1n) is 6.25. The van der Waals surface area contributed by atoms with Crippen molar-refractivity contribution in [3.8, 4) is 11.5 Å². The van der Waals surface area contributed by atoms with Crippen LogP contribution in [0.2, 0.25) is 0 Å². The van der Waals surface area contributed by atoms with Crippen molar-refractivity contribution in [1.29, 1.82) is 0 Å². The molecule has 1 unspecified atom stereocenters. The summed E-state index contributed by atoms with van der Waals surface area (Å²) >= 11 is 3.67. The summed E-state index contributed by atoms with van der Waals surface area (Å²) in [5.41, 5.74) is 2.00. The second-order valence-electron chi connectivity index (χ2n) is 4.37. The molecule has 0 heterocycles. The summed E-state index contributed by atoms with van der Waals surface area (Å²) in [5.74, 6) is 1.32. The first-order chi connectivity index (χ1) is 9.65. The van der Waals surface area contributed by atoms with Gasteiger partial charge in [-0.25, -0.2) is 4.39 Å². The van der Waals surface area contributed by atoms with Crippen LogP contribution >= 0.6 is 15.9 Å². The van der Waals surface area contributed by atoms with Crippen LogP contribution in [0.15, 0.2) is 42.5 Å². The Hall–Kier alpha value is -1.55. The lowest BCUT2D eigenvalue weighted by Gasteiger charge is -2.17. The minimum Gasteiger partial charge on any atom is -0.496 e. The molecule has 0 spiro atoms. The van der Waals surface area contributed by atoms with E-state index in [1.54, 1.807) is 26.4 Å². The second-order valence-corrected chi connectivity index (χ2v) is 5.48. The third kappa shape index (κ3) is 3.31. The predicted molar refractivity (Wildman–Crippen MR) is 81.3 cm³/mol. The van der Waals surface area contributed by atoms with Crippen molar-refractivity contribution in [2.75, 3.05) is 14.2 Å². The minimum atomic E-state index is -0.227. The molecule has 0 amide bonds. The Morgan fingerprint density at radius 1 is 1.00 bits per heavy atom.